The molecule has 1 heterocycles. The van der Waals surface area contributed by atoms with Crippen molar-refractivity contribution in [2.75, 3.05) is 7.11 Å². The molecule has 0 aliphatic carbocycles. The normalized spacial score (nSPS) is 11.0. The summed E-state index contributed by atoms with van der Waals surface area (Å²) in [5.41, 5.74) is 2.23. The Morgan fingerprint density at radius 2 is 1.92 bits per heavy atom. The van der Waals surface area contributed by atoms with Crippen molar-refractivity contribution < 1.29 is 18.7 Å². The maximum atomic E-state index is 12.1. The second-order valence-electron chi connectivity index (χ2n) is 5.84. The van der Waals surface area contributed by atoms with E-state index >= 15 is 0 Å². The van der Waals surface area contributed by atoms with Gasteiger partial charge in [-0.3, -0.25) is 0 Å². The van der Waals surface area contributed by atoms with Gasteiger partial charge in [0.15, 0.2) is 0 Å². The predicted octanol–water partition coefficient (Wildman–Crippen LogP) is 4.04. The van der Waals surface area contributed by atoms with Crippen LogP contribution < -0.4 is 15.1 Å². The quantitative estimate of drug-likeness (QED) is 0.307. The van der Waals surface area contributed by atoms with Crippen LogP contribution in [0.15, 0.2) is 57.8 Å². The first-order chi connectivity index (χ1) is 12.5. The van der Waals surface area contributed by atoms with E-state index in [0.717, 1.165) is 16.5 Å². The summed E-state index contributed by atoms with van der Waals surface area (Å²) in [6, 6.07) is 12.2. The lowest BCUT2D eigenvalue weighted by Crippen LogP contribution is -2.06. The van der Waals surface area contributed by atoms with Gasteiger partial charge in [-0.1, -0.05) is 12.1 Å². The van der Waals surface area contributed by atoms with Gasteiger partial charge in [-0.25, -0.2) is 9.59 Å². The third-order valence-electron chi connectivity index (χ3n) is 4.03. The Kier molecular flexibility index (Phi) is 4.89. The molecule has 5 nitrogen and oxygen atoms in total. The fourth-order valence-corrected chi connectivity index (χ4v) is 2.66. The zero-order valence-electron chi connectivity index (χ0n) is 14.7. The van der Waals surface area contributed by atoms with Gasteiger partial charge in [0.05, 0.1) is 7.11 Å². The molecule has 0 aliphatic rings. The molecule has 0 atom stereocenters. The molecule has 0 aliphatic heterocycles. The Balaban J connectivity index is 1.84. The first-order valence-corrected chi connectivity index (χ1v) is 8.06. The molecule has 0 saturated carbocycles. The molecule has 2 aromatic carbocycles. The van der Waals surface area contributed by atoms with Crippen LogP contribution in [0.1, 0.15) is 16.7 Å². The molecule has 0 spiro atoms. The average molecular weight is 350 g/mol. The number of carbonyl (C=O) groups excluding carboxylic acids is 1. The second-order valence-corrected chi connectivity index (χ2v) is 5.84. The maximum absolute atomic E-state index is 12.1. The van der Waals surface area contributed by atoms with Crippen LogP contribution in [-0.4, -0.2) is 13.1 Å². The average Bonchev–Trinajstić information content (AvgIpc) is 2.63. The standard InChI is InChI=1S/C21H18O5/c1-13-11-20(23)26-21-14(2)18(9-8-17(13)21)25-19(22)10-7-15-5-4-6-16(12-15)24-3/h4-12H,1-3H3/b10-7+. The van der Waals surface area contributed by atoms with Crippen molar-refractivity contribution in [3.8, 4) is 11.5 Å². The zero-order valence-corrected chi connectivity index (χ0v) is 14.7. The fourth-order valence-electron chi connectivity index (χ4n) is 2.66. The molecule has 0 unspecified atom stereocenters. The molecule has 0 fully saturated rings. The molecular formula is C21H18O5. The van der Waals surface area contributed by atoms with Crippen molar-refractivity contribution in [1.29, 1.82) is 0 Å². The zero-order chi connectivity index (χ0) is 18.7. The molecule has 0 N–H and O–H groups in total. The van der Waals surface area contributed by atoms with E-state index in [0.29, 0.717) is 22.6 Å². The summed E-state index contributed by atoms with van der Waals surface area (Å²) in [6.45, 7) is 3.58. The van der Waals surface area contributed by atoms with Gasteiger partial charge in [-0.05, 0) is 55.3 Å². The number of fused-ring (bicyclic) bond motifs is 1. The first kappa shape index (κ1) is 17.5. The van der Waals surface area contributed by atoms with Gasteiger partial charge in [0.25, 0.3) is 0 Å². The summed E-state index contributed by atoms with van der Waals surface area (Å²) in [5, 5.41) is 0.814. The molecule has 3 rings (SSSR count). The number of esters is 1. The van der Waals surface area contributed by atoms with Gasteiger partial charge in [0, 0.05) is 23.1 Å². The first-order valence-electron chi connectivity index (χ1n) is 8.06. The van der Waals surface area contributed by atoms with Crippen LogP contribution in [0.3, 0.4) is 0 Å². The molecule has 0 bridgehead atoms. The minimum atomic E-state index is -0.523. The Bertz CT molecular complexity index is 1060. The molecular weight excluding hydrogens is 332 g/mol. The SMILES string of the molecule is COc1cccc(/C=C/C(=O)Oc2ccc3c(C)cc(=O)oc3c2C)c1. The molecule has 26 heavy (non-hydrogen) atoms. The van der Waals surface area contributed by atoms with Crippen LogP contribution in [0.2, 0.25) is 0 Å². The minimum Gasteiger partial charge on any atom is -0.497 e. The summed E-state index contributed by atoms with van der Waals surface area (Å²) in [5.74, 6) is 0.535. The molecule has 3 aromatic rings. The Labute approximate surface area is 150 Å². The van der Waals surface area contributed by atoms with Crippen LogP contribution >= 0.6 is 0 Å². The van der Waals surface area contributed by atoms with Crippen molar-refractivity contribution in [2.24, 2.45) is 0 Å². The number of carbonyl (C=O) groups is 1. The van der Waals surface area contributed by atoms with Crippen molar-refractivity contribution in [2.45, 2.75) is 13.8 Å². The van der Waals surface area contributed by atoms with E-state index in [1.54, 1.807) is 32.2 Å². The van der Waals surface area contributed by atoms with Crippen LogP contribution in [-0.2, 0) is 4.79 Å². The number of ether oxygens (including phenoxy) is 2. The molecule has 0 amide bonds. The highest BCUT2D eigenvalue weighted by Gasteiger charge is 2.12. The van der Waals surface area contributed by atoms with Crippen LogP contribution in [0.5, 0.6) is 11.5 Å². The van der Waals surface area contributed by atoms with Crippen molar-refractivity contribution in [1.82, 2.24) is 0 Å². The molecule has 132 valence electrons. The van der Waals surface area contributed by atoms with Gasteiger partial charge in [0.1, 0.15) is 17.1 Å². The molecule has 1 aromatic heterocycles. The molecule has 5 heteroatoms. The fraction of sp³-hybridized carbons (Fsp3) is 0.143. The lowest BCUT2D eigenvalue weighted by molar-refractivity contribution is -0.128. The monoisotopic (exact) mass is 350 g/mol. The van der Waals surface area contributed by atoms with E-state index in [1.807, 2.05) is 31.2 Å². The number of hydrogen-bond donors (Lipinski definition) is 0. The largest absolute Gasteiger partial charge is 0.497 e. The van der Waals surface area contributed by atoms with Crippen LogP contribution in [0, 0.1) is 13.8 Å². The summed E-state index contributed by atoms with van der Waals surface area (Å²) in [6.07, 6.45) is 2.98. The second kappa shape index (κ2) is 7.27. The van der Waals surface area contributed by atoms with E-state index in [1.165, 1.54) is 12.1 Å². The molecule has 0 radical (unpaired) electrons. The van der Waals surface area contributed by atoms with E-state index in [-0.39, 0.29) is 0 Å². The van der Waals surface area contributed by atoms with E-state index in [2.05, 4.69) is 0 Å². The highest BCUT2D eigenvalue weighted by Crippen LogP contribution is 2.28. The van der Waals surface area contributed by atoms with Crippen molar-refractivity contribution in [3.63, 3.8) is 0 Å². The summed E-state index contributed by atoms with van der Waals surface area (Å²) < 4.78 is 15.8. The third-order valence-corrected chi connectivity index (χ3v) is 4.03. The third kappa shape index (κ3) is 3.67. The van der Waals surface area contributed by atoms with Gasteiger partial charge >= 0.3 is 11.6 Å². The van der Waals surface area contributed by atoms with Crippen LogP contribution in [0.25, 0.3) is 17.0 Å². The topological polar surface area (TPSA) is 65.7 Å². The minimum absolute atomic E-state index is 0.353. The number of aryl methyl sites for hydroxylation is 2. The van der Waals surface area contributed by atoms with Gasteiger partial charge in [-0.15, -0.1) is 0 Å². The smallest absolute Gasteiger partial charge is 0.336 e. The summed E-state index contributed by atoms with van der Waals surface area (Å²) in [4.78, 5) is 23.7. The van der Waals surface area contributed by atoms with Crippen molar-refractivity contribution in [3.05, 3.63) is 75.7 Å². The van der Waals surface area contributed by atoms with E-state index in [9.17, 15) is 9.59 Å². The number of methoxy groups -OCH3 is 1. The van der Waals surface area contributed by atoms with Crippen molar-refractivity contribution >= 4 is 23.0 Å². The molecule has 0 saturated heterocycles. The summed E-state index contributed by atoms with van der Waals surface area (Å²) in [7, 11) is 1.58. The van der Waals surface area contributed by atoms with Gasteiger partial charge in [0.2, 0.25) is 0 Å². The predicted molar refractivity (Wildman–Crippen MR) is 99.6 cm³/mol. The number of rotatable bonds is 4. The number of hydrogen-bond acceptors (Lipinski definition) is 5. The highest BCUT2D eigenvalue weighted by molar-refractivity contribution is 5.91. The Hall–Kier alpha value is -3.34. The lowest BCUT2D eigenvalue weighted by atomic mass is 10.1. The van der Waals surface area contributed by atoms with E-state index in [4.69, 9.17) is 13.9 Å². The highest BCUT2D eigenvalue weighted by atomic mass is 16.5. The van der Waals surface area contributed by atoms with Crippen LogP contribution in [0.4, 0.5) is 0 Å². The van der Waals surface area contributed by atoms with Gasteiger partial charge in [-0.2, -0.15) is 0 Å². The Morgan fingerprint density at radius 3 is 2.69 bits per heavy atom. The Morgan fingerprint density at radius 1 is 1.12 bits per heavy atom. The maximum Gasteiger partial charge on any atom is 0.336 e. The van der Waals surface area contributed by atoms with E-state index < -0.39 is 11.6 Å². The lowest BCUT2D eigenvalue weighted by Gasteiger charge is -2.09. The number of benzene rings is 2. The summed E-state index contributed by atoms with van der Waals surface area (Å²) >= 11 is 0. The van der Waals surface area contributed by atoms with Gasteiger partial charge < -0.3 is 13.9 Å².